The van der Waals surface area contributed by atoms with Gasteiger partial charge in [0.2, 0.25) is 5.91 Å². The highest BCUT2D eigenvalue weighted by Crippen LogP contribution is 2.51. The molecular weight excluding hydrogens is 284 g/mol. The maximum atomic E-state index is 12.6. The van der Waals surface area contributed by atoms with E-state index in [1.165, 1.54) is 0 Å². The van der Waals surface area contributed by atoms with Crippen LogP contribution in [-0.2, 0) is 10.2 Å². The number of nitrogens with one attached hydrogen (secondary N) is 1. The lowest BCUT2D eigenvalue weighted by Gasteiger charge is -2.28. The molecule has 1 aliphatic carbocycles. The number of amides is 1. The largest absolute Gasteiger partial charge is 0.369 e. The lowest BCUT2D eigenvalue weighted by molar-refractivity contribution is -0.122. The summed E-state index contributed by atoms with van der Waals surface area (Å²) in [5.74, 6) is -0.238. The summed E-state index contributed by atoms with van der Waals surface area (Å²) in [5, 5.41) is 3.34. The van der Waals surface area contributed by atoms with Crippen molar-refractivity contribution in [3.8, 4) is 11.1 Å². The molecule has 0 fully saturated rings. The van der Waals surface area contributed by atoms with Gasteiger partial charge in [-0.05, 0) is 48.2 Å². The zero-order valence-corrected chi connectivity index (χ0v) is 13.6. The molecule has 0 radical (unpaired) electrons. The predicted molar refractivity (Wildman–Crippen MR) is 94.2 cm³/mol. The van der Waals surface area contributed by atoms with Crippen LogP contribution in [0.25, 0.3) is 11.1 Å². The van der Waals surface area contributed by atoms with Crippen molar-refractivity contribution in [2.45, 2.75) is 31.6 Å². The van der Waals surface area contributed by atoms with Gasteiger partial charge in [0.1, 0.15) is 0 Å². The molecule has 0 saturated heterocycles. The van der Waals surface area contributed by atoms with Gasteiger partial charge in [0.05, 0.1) is 5.41 Å². The number of benzene rings is 2. The summed E-state index contributed by atoms with van der Waals surface area (Å²) in [7, 11) is 0. The molecule has 3 rings (SSSR count). The van der Waals surface area contributed by atoms with Crippen LogP contribution in [0.1, 0.15) is 37.3 Å². The molecule has 0 bridgehead atoms. The summed E-state index contributed by atoms with van der Waals surface area (Å²) in [6.07, 6.45) is 2.79. The molecule has 1 aliphatic rings. The average molecular weight is 308 g/mol. The Labute approximate surface area is 137 Å². The standard InChI is InChI=1S/C20H24N2O/c1-2-22-14-8-7-13-20(19(21)23)17-11-5-3-9-15(17)16-10-4-6-12-18(16)20/h3-6,9-12,22H,2,7-8,13-14H2,1H3,(H2,21,23). The summed E-state index contributed by atoms with van der Waals surface area (Å²) in [6.45, 7) is 4.07. The highest BCUT2D eigenvalue weighted by atomic mass is 16.1. The van der Waals surface area contributed by atoms with Crippen molar-refractivity contribution in [3.05, 3.63) is 59.7 Å². The fraction of sp³-hybridized carbons (Fsp3) is 0.350. The van der Waals surface area contributed by atoms with Gasteiger partial charge in [-0.25, -0.2) is 0 Å². The van der Waals surface area contributed by atoms with E-state index in [9.17, 15) is 4.79 Å². The maximum Gasteiger partial charge on any atom is 0.232 e. The van der Waals surface area contributed by atoms with E-state index in [2.05, 4.69) is 36.5 Å². The van der Waals surface area contributed by atoms with Gasteiger partial charge in [-0.3, -0.25) is 4.79 Å². The van der Waals surface area contributed by atoms with Gasteiger partial charge in [0.25, 0.3) is 0 Å². The molecule has 0 aliphatic heterocycles. The second-order valence-electron chi connectivity index (χ2n) is 6.17. The van der Waals surface area contributed by atoms with Crippen molar-refractivity contribution in [3.63, 3.8) is 0 Å². The highest BCUT2D eigenvalue weighted by molar-refractivity contribution is 5.99. The van der Waals surface area contributed by atoms with Gasteiger partial charge in [-0.1, -0.05) is 61.9 Å². The van der Waals surface area contributed by atoms with Crippen LogP contribution in [0.3, 0.4) is 0 Å². The second-order valence-corrected chi connectivity index (χ2v) is 6.17. The summed E-state index contributed by atoms with van der Waals surface area (Å²) < 4.78 is 0. The first-order valence-corrected chi connectivity index (χ1v) is 8.42. The molecule has 0 heterocycles. The fourth-order valence-corrected chi connectivity index (χ4v) is 3.80. The van der Waals surface area contributed by atoms with E-state index in [1.54, 1.807) is 0 Å². The van der Waals surface area contributed by atoms with E-state index in [4.69, 9.17) is 5.73 Å². The van der Waals surface area contributed by atoms with E-state index in [0.29, 0.717) is 0 Å². The first-order valence-electron chi connectivity index (χ1n) is 8.42. The minimum absolute atomic E-state index is 0.238. The molecule has 0 unspecified atom stereocenters. The van der Waals surface area contributed by atoms with Crippen LogP contribution >= 0.6 is 0 Å². The maximum absolute atomic E-state index is 12.6. The monoisotopic (exact) mass is 308 g/mol. The van der Waals surface area contributed by atoms with Crippen molar-refractivity contribution in [1.82, 2.24) is 5.32 Å². The van der Waals surface area contributed by atoms with Crippen molar-refractivity contribution < 1.29 is 4.79 Å². The number of fused-ring (bicyclic) bond motifs is 3. The van der Waals surface area contributed by atoms with Crippen LogP contribution in [0.15, 0.2) is 48.5 Å². The molecule has 120 valence electrons. The molecule has 2 aromatic rings. The SMILES string of the molecule is CCNCCCCC1(C(N)=O)c2ccccc2-c2ccccc21. The second kappa shape index (κ2) is 6.55. The Hall–Kier alpha value is -2.13. The zero-order valence-electron chi connectivity index (χ0n) is 13.6. The molecule has 0 spiro atoms. The number of unbranched alkanes of at least 4 members (excludes halogenated alkanes) is 1. The highest BCUT2D eigenvalue weighted by Gasteiger charge is 2.47. The van der Waals surface area contributed by atoms with Gasteiger partial charge < -0.3 is 11.1 Å². The summed E-state index contributed by atoms with van der Waals surface area (Å²) in [5.41, 5.74) is 9.69. The van der Waals surface area contributed by atoms with Crippen LogP contribution in [0.5, 0.6) is 0 Å². The lowest BCUT2D eigenvalue weighted by atomic mass is 9.73. The Balaban J connectivity index is 2.00. The molecule has 23 heavy (non-hydrogen) atoms. The zero-order chi connectivity index (χ0) is 16.3. The summed E-state index contributed by atoms with van der Waals surface area (Å²) in [4.78, 5) is 12.6. The topological polar surface area (TPSA) is 55.1 Å². The van der Waals surface area contributed by atoms with Crippen LogP contribution in [0.2, 0.25) is 0 Å². The molecule has 0 atom stereocenters. The van der Waals surface area contributed by atoms with E-state index in [0.717, 1.165) is 54.6 Å². The van der Waals surface area contributed by atoms with Crippen LogP contribution in [-0.4, -0.2) is 19.0 Å². The Bertz CT molecular complexity index is 663. The molecule has 0 saturated carbocycles. The molecule has 2 aromatic carbocycles. The van der Waals surface area contributed by atoms with E-state index in [-0.39, 0.29) is 5.91 Å². The third-order valence-corrected chi connectivity index (χ3v) is 4.89. The number of rotatable bonds is 7. The van der Waals surface area contributed by atoms with Gasteiger partial charge in [0.15, 0.2) is 0 Å². The van der Waals surface area contributed by atoms with E-state index < -0.39 is 5.41 Å². The molecule has 1 amide bonds. The Morgan fingerprint density at radius 3 is 2.09 bits per heavy atom. The number of primary amides is 1. The Morgan fingerprint density at radius 2 is 1.57 bits per heavy atom. The van der Waals surface area contributed by atoms with E-state index >= 15 is 0 Å². The first kappa shape index (κ1) is 15.8. The minimum atomic E-state index is -0.681. The van der Waals surface area contributed by atoms with Crippen LogP contribution in [0.4, 0.5) is 0 Å². The number of carbonyl (C=O) groups excluding carboxylic acids is 1. The number of hydrogen-bond donors (Lipinski definition) is 2. The first-order chi connectivity index (χ1) is 11.2. The van der Waals surface area contributed by atoms with Gasteiger partial charge in [-0.15, -0.1) is 0 Å². The third-order valence-electron chi connectivity index (χ3n) is 4.89. The molecular formula is C20H24N2O. The number of hydrogen-bond acceptors (Lipinski definition) is 2. The summed E-state index contributed by atoms with van der Waals surface area (Å²) >= 11 is 0. The molecule has 0 aromatic heterocycles. The third kappa shape index (κ3) is 2.55. The summed E-state index contributed by atoms with van der Waals surface area (Å²) in [6, 6.07) is 16.4. The molecule has 3 nitrogen and oxygen atoms in total. The van der Waals surface area contributed by atoms with Crippen LogP contribution < -0.4 is 11.1 Å². The fourth-order valence-electron chi connectivity index (χ4n) is 3.80. The lowest BCUT2D eigenvalue weighted by Crippen LogP contribution is -2.40. The van der Waals surface area contributed by atoms with Gasteiger partial charge in [-0.2, -0.15) is 0 Å². The number of carbonyl (C=O) groups is 1. The molecule has 3 heteroatoms. The Morgan fingerprint density at radius 1 is 1.00 bits per heavy atom. The average Bonchev–Trinajstić information content (AvgIpc) is 2.87. The predicted octanol–water partition coefficient (Wildman–Crippen LogP) is 3.22. The van der Waals surface area contributed by atoms with Crippen molar-refractivity contribution in [2.24, 2.45) is 5.73 Å². The van der Waals surface area contributed by atoms with E-state index in [1.807, 2.05) is 24.3 Å². The Kier molecular flexibility index (Phi) is 4.49. The smallest absolute Gasteiger partial charge is 0.232 e. The van der Waals surface area contributed by atoms with Crippen molar-refractivity contribution in [1.29, 1.82) is 0 Å². The van der Waals surface area contributed by atoms with Gasteiger partial charge >= 0.3 is 0 Å². The van der Waals surface area contributed by atoms with Crippen LogP contribution in [0, 0.1) is 0 Å². The normalized spacial score (nSPS) is 14.3. The minimum Gasteiger partial charge on any atom is -0.369 e. The van der Waals surface area contributed by atoms with Crippen molar-refractivity contribution in [2.75, 3.05) is 13.1 Å². The van der Waals surface area contributed by atoms with Crippen molar-refractivity contribution >= 4 is 5.91 Å². The number of nitrogens with two attached hydrogens (primary N) is 1. The quantitative estimate of drug-likeness (QED) is 0.772. The van der Waals surface area contributed by atoms with Gasteiger partial charge in [0, 0.05) is 0 Å². The molecule has 3 N–H and O–H groups in total.